The maximum atomic E-state index is 5.72. The Hall–Kier alpha value is -0.830. The molecule has 1 aromatic carbocycles. The zero-order chi connectivity index (χ0) is 8.27. The maximum absolute atomic E-state index is 5.72. The van der Waals surface area contributed by atoms with E-state index in [0.717, 1.165) is 10.6 Å². The highest BCUT2D eigenvalue weighted by atomic mass is 32.2. The molecule has 11 heavy (non-hydrogen) atoms. The summed E-state index contributed by atoms with van der Waals surface area (Å²) in [6.45, 7) is 2.09. The molecule has 0 atom stereocenters. The molecule has 60 valence electrons. The topological polar surface area (TPSA) is 52.0 Å². The lowest BCUT2D eigenvalue weighted by Gasteiger charge is -2.04. The lowest BCUT2D eigenvalue weighted by molar-refractivity contribution is 1.43. The minimum atomic E-state index is 0.670. The van der Waals surface area contributed by atoms with E-state index >= 15 is 0 Å². The SMILES string of the molecule is CCSc1cccc(N)c1N. The first-order chi connectivity index (χ1) is 5.25. The van der Waals surface area contributed by atoms with E-state index in [9.17, 15) is 0 Å². The van der Waals surface area contributed by atoms with Gasteiger partial charge in [0, 0.05) is 4.90 Å². The first kappa shape index (κ1) is 8.27. The van der Waals surface area contributed by atoms with Crippen LogP contribution in [0, 0.1) is 0 Å². The molecule has 0 radical (unpaired) electrons. The lowest BCUT2D eigenvalue weighted by Crippen LogP contribution is -1.95. The summed E-state index contributed by atoms with van der Waals surface area (Å²) >= 11 is 1.71. The second-order valence-electron chi connectivity index (χ2n) is 2.19. The summed E-state index contributed by atoms with van der Waals surface area (Å²) in [4.78, 5) is 1.08. The van der Waals surface area contributed by atoms with Crippen LogP contribution in [0.4, 0.5) is 11.4 Å². The van der Waals surface area contributed by atoms with Crippen molar-refractivity contribution >= 4 is 23.1 Å². The van der Waals surface area contributed by atoms with Crippen LogP contribution in [0.5, 0.6) is 0 Å². The summed E-state index contributed by atoms with van der Waals surface area (Å²) in [5.74, 6) is 1.02. The fourth-order valence-corrected chi connectivity index (χ4v) is 1.60. The van der Waals surface area contributed by atoms with Gasteiger partial charge in [0.15, 0.2) is 0 Å². The van der Waals surface area contributed by atoms with Gasteiger partial charge in [-0.2, -0.15) is 0 Å². The van der Waals surface area contributed by atoms with Crippen LogP contribution >= 0.6 is 11.8 Å². The van der Waals surface area contributed by atoms with Crippen LogP contribution in [-0.2, 0) is 0 Å². The summed E-state index contributed by atoms with van der Waals surface area (Å²) in [6.07, 6.45) is 0. The molecule has 0 saturated heterocycles. The van der Waals surface area contributed by atoms with Gasteiger partial charge in [-0.1, -0.05) is 13.0 Å². The first-order valence-corrected chi connectivity index (χ1v) is 4.51. The molecule has 2 nitrogen and oxygen atoms in total. The molecule has 0 fully saturated rings. The van der Waals surface area contributed by atoms with Gasteiger partial charge in [0.25, 0.3) is 0 Å². The van der Waals surface area contributed by atoms with Crippen LogP contribution in [0.2, 0.25) is 0 Å². The Labute approximate surface area is 71.0 Å². The van der Waals surface area contributed by atoms with Gasteiger partial charge in [-0.25, -0.2) is 0 Å². The average molecular weight is 168 g/mol. The summed E-state index contributed by atoms with van der Waals surface area (Å²) in [7, 11) is 0. The van der Waals surface area contributed by atoms with E-state index in [0.29, 0.717) is 11.4 Å². The standard InChI is InChI=1S/C8H12N2S/c1-2-11-7-5-3-4-6(9)8(7)10/h3-5H,2,9-10H2,1H3. The third kappa shape index (κ3) is 1.80. The van der Waals surface area contributed by atoms with E-state index in [2.05, 4.69) is 6.92 Å². The quantitative estimate of drug-likeness (QED) is 0.524. The van der Waals surface area contributed by atoms with Gasteiger partial charge < -0.3 is 11.5 Å². The zero-order valence-electron chi connectivity index (χ0n) is 6.50. The van der Waals surface area contributed by atoms with Crippen LogP contribution in [0.25, 0.3) is 0 Å². The number of thioether (sulfide) groups is 1. The van der Waals surface area contributed by atoms with Gasteiger partial charge in [0.1, 0.15) is 0 Å². The fourth-order valence-electron chi connectivity index (χ4n) is 0.842. The van der Waals surface area contributed by atoms with E-state index in [1.807, 2.05) is 18.2 Å². The Morgan fingerprint density at radius 2 is 2.09 bits per heavy atom. The van der Waals surface area contributed by atoms with Crippen molar-refractivity contribution in [3.05, 3.63) is 18.2 Å². The average Bonchev–Trinajstić information content (AvgIpc) is 1.99. The number of para-hydroxylation sites is 1. The van der Waals surface area contributed by atoms with Gasteiger partial charge in [-0.3, -0.25) is 0 Å². The second kappa shape index (κ2) is 3.53. The van der Waals surface area contributed by atoms with E-state index in [4.69, 9.17) is 11.5 Å². The van der Waals surface area contributed by atoms with Crippen LogP contribution in [0.3, 0.4) is 0 Å². The van der Waals surface area contributed by atoms with Gasteiger partial charge >= 0.3 is 0 Å². The number of benzene rings is 1. The predicted molar refractivity (Wildman–Crippen MR) is 51.7 cm³/mol. The molecular formula is C8H12N2S. The molecule has 3 heteroatoms. The van der Waals surface area contributed by atoms with Gasteiger partial charge in [0.05, 0.1) is 11.4 Å². The number of nitrogen functional groups attached to an aromatic ring is 2. The van der Waals surface area contributed by atoms with Crippen molar-refractivity contribution < 1.29 is 0 Å². The summed E-state index contributed by atoms with van der Waals surface area (Å²) in [5.41, 5.74) is 12.7. The summed E-state index contributed by atoms with van der Waals surface area (Å²) in [6, 6.07) is 5.72. The molecule has 0 aliphatic rings. The molecule has 1 aromatic rings. The molecule has 4 N–H and O–H groups in total. The van der Waals surface area contributed by atoms with Crippen molar-refractivity contribution in [2.24, 2.45) is 0 Å². The fraction of sp³-hybridized carbons (Fsp3) is 0.250. The number of hydrogen-bond donors (Lipinski definition) is 2. The lowest BCUT2D eigenvalue weighted by atomic mass is 10.3. The molecule has 0 heterocycles. The monoisotopic (exact) mass is 168 g/mol. The van der Waals surface area contributed by atoms with Crippen molar-refractivity contribution in [1.82, 2.24) is 0 Å². The minimum absolute atomic E-state index is 0.670. The molecule has 1 rings (SSSR count). The van der Waals surface area contributed by atoms with Gasteiger partial charge in [-0.05, 0) is 17.9 Å². The van der Waals surface area contributed by atoms with Crippen LogP contribution < -0.4 is 11.5 Å². The van der Waals surface area contributed by atoms with Crippen LogP contribution in [0.15, 0.2) is 23.1 Å². The molecule has 0 bridgehead atoms. The van der Waals surface area contributed by atoms with Crippen molar-refractivity contribution in [3.63, 3.8) is 0 Å². The Bertz CT molecular complexity index is 248. The molecule has 0 spiro atoms. The number of anilines is 2. The molecule has 0 unspecified atom stereocenters. The van der Waals surface area contributed by atoms with E-state index in [1.54, 1.807) is 11.8 Å². The van der Waals surface area contributed by atoms with Crippen molar-refractivity contribution in [1.29, 1.82) is 0 Å². The molecule has 0 aliphatic heterocycles. The van der Waals surface area contributed by atoms with Crippen molar-refractivity contribution in [2.75, 3.05) is 17.2 Å². The normalized spacial score (nSPS) is 9.91. The van der Waals surface area contributed by atoms with Crippen molar-refractivity contribution in [3.8, 4) is 0 Å². The van der Waals surface area contributed by atoms with E-state index in [-0.39, 0.29) is 0 Å². The van der Waals surface area contributed by atoms with Crippen LogP contribution in [0.1, 0.15) is 6.92 Å². The first-order valence-electron chi connectivity index (χ1n) is 3.52. The predicted octanol–water partition coefficient (Wildman–Crippen LogP) is 1.96. The third-order valence-corrected chi connectivity index (χ3v) is 2.36. The number of nitrogens with two attached hydrogens (primary N) is 2. The molecule has 0 aliphatic carbocycles. The van der Waals surface area contributed by atoms with E-state index < -0.39 is 0 Å². The molecule has 0 saturated carbocycles. The molecular weight excluding hydrogens is 156 g/mol. The Morgan fingerprint density at radius 3 is 2.73 bits per heavy atom. The number of hydrogen-bond acceptors (Lipinski definition) is 3. The Balaban J connectivity index is 2.96. The highest BCUT2D eigenvalue weighted by Crippen LogP contribution is 2.28. The highest BCUT2D eigenvalue weighted by Gasteiger charge is 1.99. The second-order valence-corrected chi connectivity index (χ2v) is 3.50. The van der Waals surface area contributed by atoms with E-state index in [1.165, 1.54) is 0 Å². The molecule has 0 aromatic heterocycles. The summed E-state index contributed by atoms with van der Waals surface area (Å²) in [5, 5.41) is 0. The molecule has 0 amide bonds. The van der Waals surface area contributed by atoms with Crippen molar-refractivity contribution in [2.45, 2.75) is 11.8 Å². The minimum Gasteiger partial charge on any atom is -0.397 e. The van der Waals surface area contributed by atoms with Gasteiger partial charge in [-0.15, -0.1) is 11.8 Å². The maximum Gasteiger partial charge on any atom is 0.0685 e. The zero-order valence-corrected chi connectivity index (χ0v) is 7.32. The van der Waals surface area contributed by atoms with Gasteiger partial charge in [0.2, 0.25) is 0 Å². The Kier molecular flexibility index (Phi) is 2.65. The Morgan fingerprint density at radius 1 is 1.36 bits per heavy atom. The number of rotatable bonds is 2. The largest absolute Gasteiger partial charge is 0.397 e. The third-order valence-electron chi connectivity index (χ3n) is 1.40. The van der Waals surface area contributed by atoms with Crippen LogP contribution in [-0.4, -0.2) is 5.75 Å². The highest BCUT2D eigenvalue weighted by molar-refractivity contribution is 7.99. The smallest absolute Gasteiger partial charge is 0.0685 e. The summed E-state index contributed by atoms with van der Waals surface area (Å²) < 4.78 is 0.